The lowest BCUT2D eigenvalue weighted by Gasteiger charge is -2.36. The predicted molar refractivity (Wildman–Crippen MR) is 78.2 cm³/mol. The van der Waals surface area contributed by atoms with Crippen LogP contribution in [0.3, 0.4) is 0 Å². The van der Waals surface area contributed by atoms with E-state index in [0.29, 0.717) is 17.0 Å². The number of anilines is 1. The first-order chi connectivity index (χ1) is 9.69. The van der Waals surface area contributed by atoms with E-state index in [9.17, 15) is 0 Å². The summed E-state index contributed by atoms with van der Waals surface area (Å²) < 4.78 is 0. The lowest BCUT2D eigenvalue weighted by Crippen LogP contribution is -2.46. The Kier molecular flexibility index (Phi) is 3.25. The van der Waals surface area contributed by atoms with Crippen LogP contribution in [0.4, 0.5) is 5.69 Å². The minimum atomic E-state index is 0.182. The molecule has 5 heteroatoms. The van der Waals surface area contributed by atoms with Gasteiger partial charge in [-0.3, -0.25) is 9.97 Å². The Labute approximate surface area is 118 Å². The molecule has 2 heterocycles. The minimum absolute atomic E-state index is 0.182. The summed E-state index contributed by atoms with van der Waals surface area (Å²) in [5.74, 6) is 0.557. The SMILES string of the molecule is C[C@@H]1C[C@H](N)CN(c2ccc(C#N)c3nccnc23)C1. The molecule has 1 aliphatic heterocycles. The lowest BCUT2D eigenvalue weighted by atomic mass is 9.96. The molecule has 20 heavy (non-hydrogen) atoms. The summed E-state index contributed by atoms with van der Waals surface area (Å²) in [5.41, 5.74) is 9.16. The number of aromatic nitrogens is 2. The molecule has 1 aromatic carbocycles. The topological polar surface area (TPSA) is 78.8 Å². The Balaban J connectivity index is 2.11. The largest absolute Gasteiger partial charge is 0.368 e. The third-order valence-corrected chi connectivity index (χ3v) is 3.76. The van der Waals surface area contributed by atoms with Crippen molar-refractivity contribution in [3.8, 4) is 6.07 Å². The van der Waals surface area contributed by atoms with Gasteiger partial charge in [0, 0.05) is 31.5 Å². The summed E-state index contributed by atoms with van der Waals surface area (Å²) in [4.78, 5) is 11.0. The number of nitriles is 1. The Morgan fingerprint density at radius 1 is 1.25 bits per heavy atom. The first kappa shape index (κ1) is 12.8. The smallest absolute Gasteiger partial charge is 0.113 e. The molecular formula is C15H17N5. The monoisotopic (exact) mass is 267 g/mol. The molecule has 0 amide bonds. The Hall–Kier alpha value is -2.19. The molecule has 1 saturated heterocycles. The molecule has 1 fully saturated rings. The fraction of sp³-hybridized carbons (Fsp3) is 0.400. The number of hydrogen-bond acceptors (Lipinski definition) is 5. The maximum absolute atomic E-state index is 9.17. The minimum Gasteiger partial charge on any atom is -0.368 e. The quantitative estimate of drug-likeness (QED) is 0.850. The molecule has 0 spiro atoms. The van der Waals surface area contributed by atoms with Crippen LogP contribution in [0.15, 0.2) is 24.5 Å². The van der Waals surface area contributed by atoms with Crippen molar-refractivity contribution in [3.05, 3.63) is 30.1 Å². The van der Waals surface area contributed by atoms with Gasteiger partial charge in [-0.2, -0.15) is 5.26 Å². The number of rotatable bonds is 1. The molecule has 0 radical (unpaired) electrons. The lowest BCUT2D eigenvalue weighted by molar-refractivity contribution is 0.402. The molecule has 0 bridgehead atoms. The first-order valence-corrected chi connectivity index (χ1v) is 6.83. The van der Waals surface area contributed by atoms with Gasteiger partial charge in [-0.05, 0) is 24.5 Å². The average molecular weight is 267 g/mol. The zero-order valence-electron chi connectivity index (χ0n) is 11.5. The van der Waals surface area contributed by atoms with Crippen molar-refractivity contribution < 1.29 is 0 Å². The van der Waals surface area contributed by atoms with E-state index in [-0.39, 0.29) is 6.04 Å². The van der Waals surface area contributed by atoms with Gasteiger partial charge in [0.05, 0.1) is 11.3 Å². The van der Waals surface area contributed by atoms with Crippen LogP contribution in [0, 0.1) is 17.2 Å². The first-order valence-electron chi connectivity index (χ1n) is 6.83. The van der Waals surface area contributed by atoms with Crippen LogP contribution in [-0.4, -0.2) is 29.1 Å². The van der Waals surface area contributed by atoms with E-state index >= 15 is 0 Å². The van der Waals surface area contributed by atoms with Crippen LogP contribution < -0.4 is 10.6 Å². The molecule has 102 valence electrons. The van der Waals surface area contributed by atoms with Gasteiger partial charge in [-0.15, -0.1) is 0 Å². The number of nitrogens with two attached hydrogens (primary N) is 1. The number of nitrogens with zero attached hydrogens (tertiary/aromatic N) is 4. The van der Waals surface area contributed by atoms with Gasteiger partial charge in [0.15, 0.2) is 0 Å². The molecule has 3 rings (SSSR count). The van der Waals surface area contributed by atoms with E-state index in [4.69, 9.17) is 11.0 Å². The molecular weight excluding hydrogens is 250 g/mol. The summed E-state index contributed by atoms with van der Waals surface area (Å²) in [7, 11) is 0. The fourth-order valence-electron chi connectivity index (χ4n) is 2.98. The molecule has 1 aliphatic rings. The summed E-state index contributed by atoms with van der Waals surface area (Å²) in [6.07, 6.45) is 4.34. The van der Waals surface area contributed by atoms with Crippen molar-refractivity contribution in [1.29, 1.82) is 5.26 Å². The van der Waals surface area contributed by atoms with Crippen LogP contribution >= 0.6 is 0 Å². The van der Waals surface area contributed by atoms with Crippen molar-refractivity contribution in [3.63, 3.8) is 0 Å². The predicted octanol–water partition coefficient (Wildman–Crippen LogP) is 1.67. The van der Waals surface area contributed by atoms with E-state index in [1.165, 1.54) is 0 Å². The van der Waals surface area contributed by atoms with E-state index in [2.05, 4.69) is 27.9 Å². The summed E-state index contributed by atoms with van der Waals surface area (Å²) in [6.45, 7) is 4.00. The third-order valence-electron chi connectivity index (χ3n) is 3.76. The second-order valence-electron chi connectivity index (χ2n) is 5.50. The molecule has 2 N–H and O–H groups in total. The number of hydrogen-bond donors (Lipinski definition) is 1. The average Bonchev–Trinajstić information content (AvgIpc) is 2.45. The van der Waals surface area contributed by atoms with Gasteiger partial charge in [0.2, 0.25) is 0 Å². The van der Waals surface area contributed by atoms with Gasteiger partial charge in [-0.25, -0.2) is 0 Å². The Morgan fingerprint density at radius 2 is 2.00 bits per heavy atom. The highest BCUT2D eigenvalue weighted by atomic mass is 15.2. The van der Waals surface area contributed by atoms with Crippen molar-refractivity contribution in [2.75, 3.05) is 18.0 Å². The second kappa shape index (κ2) is 5.06. The van der Waals surface area contributed by atoms with Crippen LogP contribution in [0.25, 0.3) is 11.0 Å². The molecule has 2 atom stereocenters. The van der Waals surface area contributed by atoms with E-state index in [1.807, 2.05) is 12.1 Å². The van der Waals surface area contributed by atoms with Gasteiger partial charge < -0.3 is 10.6 Å². The molecule has 1 aromatic heterocycles. The van der Waals surface area contributed by atoms with Crippen molar-refractivity contribution in [2.24, 2.45) is 11.7 Å². The van der Waals surface area contributed by atoms with Crippen LogP contribution in [0.5, 0.6) is 0 Å². The molecule has 0 unspecified atom stereocenters. The summed E-state index contributed by atoms with van der Waals surface area (Å²) >= 11 is 0. The normalized spacial score (nSPS) is 22.8. The molecule has 0 aliphatic carbocycles. The van der Waals surface area contributed by atoms with Crippen LogP contribution in [0.2, 0.25) is 0 Å². The van der Waals surface area contributed by atoms with Gasteiger partial charge >= 0.3 is 0 Å². The second-order valence-corrected chi connectivity index (χ2v) is 5.50. The standard InChI is InChI=1S/C15H17N5/c1-10-6-12(17)9-20(8-10)13-3-2-11(7-16)14-15(13)19-5-4-18-14/h2-5,10,12H,6,8-9,17H2,1H3/t10-,12+/m1/s1. The number of piperidine rings is 1. The van der Waals surface area contributed by atoms with Crippen molar-refractivity contribution >= 4 is 16.7 Å². The van der Waals surface area contributed by atoms with Crippen molar-refractivity contribution in [1.82, 2.24) is 9.97 Å². The number of benzene rings is 1. The van der Waals surface area contributed by atoms with Crippen LogP contribution in [-0.2, 0) is 0 Å². The molecule has 2 aromatic rings. The Bertz CT molecular complexity index is 666. The maximum atomic E-state index is 9.17. The fourth-order valence-corrected chi connectivity index (χ4v) is 2.98. The van der Waals surface area contributed by atoms with E-state index < -0.39 is 0 Å². The zero-order valence-corrected chi connectivity index (χ0v) is 11.5. The Morgan fingerprint density at radius 3 is 2.70 bits per heavy atom. The van der Waals surface area contributed by atoms with E-state index in [1.54, 1.807) is 12.4 Å². The molecule has 5 nitrogen and oxygen atoms in total. The molecule has 0 saturated carbocycles. The van der Waals surface area contributed by atoms with Gasteiger partial charge in [0.1, 0.15) is 17.1 Å². The van der Waals surface area contributed by atoms with Crippen LogP contribution in [0.1, 0.15) is 18.9 Å². The van der Waals surface area contributed by atoms with Gasteiger partial charge in [-0.1, -0.05) is 6.92 Å². The maximum Gasteiger partial charge on any atom is 0.113 e. The van der Waals surface area contributed by atoms with Gasteiger partial charge in [0.25, 0.3) is 0 Å². The number of fused-ring (bicyclic) bond motifs is 1. The highest BCUT2D eigenvalue weighted by Gasteiger charge is 2.24. The van der Waals surface area contributed by atoms with E-state index in [0.717, 1.165) is 30.7 Å². The zero-order chi connectivity index (χ0) is 14.1. The van der Waals surface area contributed by atoms with Crippen molar-refractivity contribution in [2.45, 2.75) is 19.4 Å². The summed E-state index contributed by atoms with van der Waals surface area (Å²) in [5, 5.41) is 9.17. The summed E-state index contributed by atoms with van der Waals surface area (Å²) in [6, 6.07) is 6.13. The third kappa shape index (κ3) is 2.19. The highest BCUT2D eigenvalue weighted by Crippen LogP contribution is 2.29. The highest BCUT2D eigenvalue weighted by molar-refractivity contribution is 5.91.